The van der Waals surface area contributed by atoms with E-state index >= 15 is 0 Å². The molecule has 0 saturated carbocycles. The molecular weight excluding hydrogens is 246 g/mol. The predicted octanol–water partition coefficient (Wildman–Crippen LogP) is 2.20. The third kappa shape index (κ3) is 2.34. The molecule has 1 atom stereocenters. The number of nitrogens with zero attached hydrogens (tertiary/aromatic N) is 2. The van der Waals surface area contributed by atoms with Crippen molar-refractivity contribution in [3.05, 3.63) is 17.1 Å². The van der Waals surface area contributed by atoms with Gasteiger partial charge in [-0.15, -0.1) is 0 Å². The molecule has 1 aromatic heterocycles. The second-order valence-electron chi connectivity index (χ2n) is 4.75. The molecule has 2 aliphatic rings. The number of rotatable bonds is 2. The molecule has 4 nitrogen and oxygen atoms in total. The predicted molar refractivity (Wildman–Crippen MR) is 74.2 cm³/mol. The third-order valence-corrected chi connectivity index (χ3v) is 4.53. The van der Waals surface area contributed by atoms with Crippen molar-refractivity contribution >= 4 is 17.6 Å². The number of nitrogens with one attached hydrogen (secondary N) is 1. The summed E-state index contributed by atoms with van der Waals surface area (Å²) in [4.78, 5) is 9.42. The van der Waals surface area contributed by atoms with E-state index in [0.29, 0.717) is 0 Å². The van der Waals surface area contributed by atoms with Crippen LogP contribution in [0.2, 0.25) is 0 Å². The van der Waals surface area contributed by atoms with E-state index in [0.717, 1.165) is 42.6 Å². The van der Waals surface area contributed by atoms with E-state index in [1.165, 1.54) is 24.1 Å². The van der Waals surface area contributed by atoms with Crippen LogP contribution < -0.4 is 5.32 Å². The number of fused-ring (bicyclic) bond motifs is 1. The summed E-state index contributed by atoms with van der Waals surface area (Å²) in [5, 5.41) is 3.22. The first-order valence-electron chi connectivity index (χ1n) is 6.65. The summed E-state index contributed by atoms with van der Waals surface area (Å²) in [5.74, 6) is 3.93. The Labute approximate surface area is 112 Å². The number of thioether (sulfide) groups is 1. The zero-order chi connectivity index (χ0) is 12.4. The van der Waals surface area contributed by atoms with E-state index in [2.05, 4.69) is 10.3 Å². The van der Waals surface area contributed by atoms with Gasteiger partial charge in [-0.2, -0.15) is 11.8 Å². The molecule has 1 saturated heterocycles. The van der Waals surface area contributed by atoms with E-state index in [1.807, 2.05) is 18.8 Å². The molecule has 2 heterocycles. The average molecular weight is 265 g/mol. The van der Waals surface area contributed by atoms with Crippen molar-refractivity contribution in [1.29, 1.82) is 0 Å². The summed E-state index contributed by atoms with van der Waals surface area (Å²) in [6.45, 7) is 0.810. The van der Waals surface area contributed by atoms with Gasteiger partial charge in [0, 0.05) is 29.8 Å². The van der Waals surface area contributed by atoms with Gasteiger partial charge in [0.05, 0.1) is 6.61 Å². The van der Waals surface area contributed by atoms with Crippen LogP contribution in [0.15, 0.2) is 0 Å². The molecule has 1 N–H and O–H groups in total. The quantitative estimate of drug-likeness (QED) is 0.888. The van der Waals surface area contributed by atoms with E-state index in [9.17, 15) is 0 Å². The Morgan fingerprint density at radius 2 is 2.17 bits per heavy atom. The molecule has 1 fully saturated rings. The average Bonchev–Trinajstić information content (AvgIpc) is 2.47. The summed E-state index contributed by atoms with van der Waals surface area (Å²) in [6.07, 6.45) is 4.75. The minimum atomic E-state index is 0.0723. The largest absolute Gasteiger partial charge is 0.373 e. The Morgan fingerprint density at radius 1 is 1.28 bits per heavy atom. The van der Waals surface area contributed by atoms with Gasteiger partial charge in [-0.1, -0.05) is 0 Å². The van der Waals surface area contributed by atoms with Gasteiger partial charge in [-0.05, 0) is 25.7 Å². The summed E-state index contributed by atoms with van der Waals surface area (Å²) in [6, 6.07) is 0. The molecule has 1 aliphatic carbocycles. The lowest BCUT2D eigenvalue weighted by Crippen LogP contribution is -2.21. The monoisotopic (exact) mass is 265 g/mol. The second kappa shape index (κ2) is 5.45. The number of ether oxygens (including phenoxy) is 1. The zero-order valence-corrected chi connectivity index (χ0v) is 11.6. The molecule has 5 heteroatoms. The lowest BCUT2D eigenvalue weighted by molar-refractivity contribution is 0.0693. The molecular formula is C13H19N3OS. The molecule has 1 aliphatic heterocycles. The van der Waals surface area contributed by atoms with Crippen LogP contribution in [0.3, 0.4) is 0 Å². The van der Waals surface area contributed by atoms with Crippen LogP contribution in [-0.4, -0.2) is 35.1 Å². The fourth-order valence-corrected chi connectivity index (χ4v) is 3.44. The lowest BCUT2D eigenvalue weighted by Gasteiger charge is -2.24. The third-order valence-electron chi connectivity index (χ3n) is 3.54. The van der Waals surface area contributed by atoms with Crippen molar-refractivity contribution in [3.63, 3.8) is 0 Å². The minimum absolute atomic E-state index is 0.0723. The topological polar surface area (TPSA) is 47.0 Å². The van der Waals surface area contributed by atoms with Gasteiger partial charge in [-0.3, -0.25) is 0 Å². The Hall–Kier alpha value is -0.810. The maximum Gasteiger partial charge on any atom is 0.160 e. The van der Waals surface area contributed by atoms with E-state index in [1.54, 1.807) is 0 Å². The fraction of sp³-hybridized carbons (Fsp3) is 0.692. The van der Waals surface area contributed by atoms with Gasteiger partial charge in [0.2, 0.25) is 0 Å². The smallest absolute Gasteiger partial charge is 0.160 e. The first-order valence-corrected chi connectivity index (χ1v) is 7.80. The molecule has 98 valence electrons. The minimum Gasteiger partial charge on any atom is -0.373 e. The molecule has 0 aromatic carbocycles. The number of anilines is 1. The summed E-state index contributed by atoms with van der Waals surface area (Å²) in [7, 11) is 1.94. The maximum absolute atomic E-state index is 5.78. The van der Waals surface area contributed by atoms with Crippen LogP contribution >= 0.6 is 11.8 Å². The highest BCUT2D eigenvalue weighted by molar-refractivity contribution is 7.99. The second-order valence-corrected chi connectivity index (χ2v) is 5.90. The number of hydrogen-bond donors (Lipinski definition) is 1. The Morgan fingerprint density at radius 3 is 2.94 bits per heavy atom. The van der Waals surface area contributed by atoms with Crippen LogP contribution in [-0.2, 0) is 17.6 Å². The Kier molecular flexibility index (Phi) is 3.70. The van der Waals surface area contributed by atoms with Gasteiger partial charge >= 0.3 is 0 Å². The highest BCUT2D eigenvalue weighted by Crippen LogP contribution is 2.30. The first-order chi connectivity index (χ1) is 8.88. The van der Waals surface area contributed by atoms with Gasteiger partial charge in [0.1, 0.15) is 11.9 Å². The number of hydrogen-bond acceptors (Lipinski definition) is 5. The molecule has 0 bridgehead atoms. The van der Waals surface area contributed by atoms with Crippen LogP contribution in [0.25, 0.3) is 0 Å². The highest BCUT2D eigenvalue weighted by Gasteiger charge is 2.23. The molecule has 1 aromatic rings. The van der Waals surface area contributed by atoms with Gasteiger partial charge in [0.15, 0.2) is 5.82 Å². The summed E-state index contributed by atoms with van der Waals surface area (Å²) in [5.41, 5.74) is 2.55. The van der Waals surface area contributed by atoms with E-state index in [4.69, 9.17) is 9.72 Å². The van der Waals surface area contributed by atoms with Crippen molar-refractivity contribution in [3.8, 4) is 0 Å². The molecule has 18 heavy (non-hydrogen) atoms. The molecule has 0 radical (unpaired) electrons. The van der Waals surface area contributed by atoms with Crippen molar-refractivity contribution in [2.24, 2.45) is 0 Å². The van der Waals surface area contributed by atoms with E-state index in [-0.39, 0.29) is 6.10 Å². The van der Waals surface area contributed by atoms with Crippen molar-refractivity contribution < 1.29 is 4.74 Å². The number of aryl methyl sites for hydroxylation is 1. The van der Waals surface area contributed by atoms with Crippen molar-refractivity contribution in [2.45, 2.75) is 31.8 Å². The number of aromatic nitrogens is 2. The summed E-state index contributed by atoms with van der Waals surface area (Å²) < 4.78 is 5.78. The molecule has 0 spiro atoms. The van der Waals surface area contributed by atoms with Crippen molar-refractivity contribution in [1.82, 2.24) is 9.97 Å². The Balaban J connectivity index is 1.94. The zero-order valence-electron chi connectivity index (χ0n) is 10.7. The van der Waals surface area contributed by atoms with Crippen LogP contribution in [0.5, 0.6) is 0 Å². The maximum atomic E-state index is 5.78. The van der Waals surface area contributed by atoms with Crippen molar-refractivity contribution in [2.75, 3.05) is 30.5 Å². The van der Waals surface area contributed by atoms with E-state index < -0.39 is 0 Å². The molecule has 3 rings (SSSR count). The standard InChI is InChI=1S/C13H19N3OS/c1-14-12-9-4-2-3-5-10(9)15-13(16-12)11-8-18-7-6-17-11/h11H,2-8H2,1H3,(H,14,15,16). The normalized spacial score (nSPS) is 23.5. The first kappa shape index (κ1) is 12.2. The van der Waals surface area contributed by atoms with Gasteiger partial charge < -0.3 is 10.1 Å². The van der Waals surface area contributed by atoms with Crippen LogP contribution in [0.4, 0.5) is 5.82 Å². The van der Waals surface area contributed by atoms with Gasteiger partial charge in [-0.25, -0.2) is 9.97 Å². The highest BCUT2D eigenvalue weighted by atomic mass is 32.2. The molecule has 0 amide bonds. The lowest BCUT2D eigenvalue weighted by atomic mass is 9.96. The SMILES string of the molecule is CNc1nc(C2CSCCO2)nc2c1CCCC2. The van der Waals surface area contributed by atoms with Gasteiger partial charge in [0.25, 0.3) is 0 Å². The van der Waals surface area contributed by atoms with Crippen LogP contribution in [0, 0.1) is 0 Å². The fourth-order valence-electron chi connectivity index (χ4n) is 2.60. The molecule has 1 unspecified atom stereocenters. The van der Waals surface area contributed by atoms with Crippen LogP contribution in [0.1, 0.15) is 36.0 Å². The summed E-state index contributed by atoms with van der Waals surface area (Å²) >= 11 is 1.92. The Bertz CT molecular complexity index is 415.